The number of anilines is 1. The molecule has 1 saturated heterocycles. The van der Waals surface area contributed by atoms with Crippen LogP contribution in [0.4, 0.5) is 5.69 Å². The second-order valence-electron chi connectivity index (χ2n) is 5.45. The van der Waals surface area contributed by atoms with Crippen molar-refractivity contribution in [3.63, 3.8) is 0 Å². The first-order chi connectivity index (χ1) is 9.83. The van der Waals surface area contributed by atoms with E-state index in [1.54, 1.807) is 6.92 Å². The van der Waals surface area contributed by atoms with E-state index in [2.05, 4.69) is 16.5 Å². The summed E-state index contributed by atoms with van der Waals surface area (Å²) in [4.78, 5) is 2.44. The maximum Gasteiger partial charge on any atom is 0.240 e. The minimum absolute atomic E-state index is 0.0286. The third kappa shape index (κ3) is 3.88. The third-order valence-electron chi connectivity index (χ3n) is 4.02. The molecular weight excluding hydrogens is 310 g/mol. The van der Waals surface area contributed by atoms with Crippen molar-refractivity contribution in [3.05, 3.63) is 22.7 Å². The van der Waals surface area contributed by atoms with Crippen LogP contribution in [0, 0.1) is 6.92 Å². The van der Waals surface area contributed by atoms with Crippen molar-refractivity contribution >= 4 is 27.3 Å². The third-order valence-corrected chi connectivity index (χ3v) is 5.92. The summed E-state index contributed by atoms with van der Waals surface area (Å²) in [6, 6.07) is 2.89. The minimum atomic E-state index is -3.58. The van der Waals surface area contributed by atoms with Gasteiger partial charge in [-0.3, -0.25) is 0 Å². The molecule has 7 heteroatoms. The number of sulfonamides is 1. The van der Waals surface area contributed by atoms with E-state index in [1.165, 1.54) is 12.1 Å². The number of hydrogen-bond acceptors (Lipinski definition) is 4. The molecule has 0 aliphatic carbocycles. The van der Waals surface area contributed by atoms with Gasteiger partial charge in [-0.15, -0.1) is 0 Å². The summed E-state index contributed by atoms with van der Waals surface area (Å²) < 4.78 is 27.6. The van der Waals surface area contributed by atoms with Crippen LogP contribution in [-0.4, -0.2) is 39.0 Å². The molecule has 2 rings (SSSR count). The van der Waals surface area contributed by atoms with E-state index in [0.29, 0.717) is 16.3 Å². The van der Waals surface area contributed by atoms with Crippen LogP contribution in [0.2, 0.25) is 5.02 Å². The maximum atomic E-state index is 12.4. The quantitative estimate of drug-likeness (QED) is 0.827. The molecule has 1 aliphatic rings. The Labute approximate surface area is 131 Å². The Morgan fingerprint density at radius 1 is 1.38 bits per heavy atom. The van der Waals surface area contributed by atoms with E-state index >= 15 is 0 Å². The molecular formula is C14H22ClN3O2S. The minimum Gasteiger partial charge on any atom is -0.398 e. The number of nitrogens with two attached hydrogens (primary N) is 1. The summed E-state index contributed by atoms with van der Waals surface area (Å²) in [6.07, 6.45) is 1.64. The standard InChI is InChI=1S/C14H22ClN3O2S/c1-3-18-6-4-11(5-7-18)17-21(19,20)12-8-13(15)10(2)14(16)9-12/h8-9,11,17H,3-7,16H2,1-2H3. The Kier molecular flexibility index (Phi) is 5.14. The summed E-state index contributed by atoms with van der Waals surface area (Å²) in [7, 11) is -3.58. The molecule has 1 heterocycles. The number of rotatable bonds is 4. The van der Waals surface area contributed by atoms with Crippen LogP contribution in [0.1, 0.15) is 25.3 Å². The molecule has 0 saturated carbocycles. The number of piperidine rings is 1. The van der Waals surface area contributed by atoms with Crippen molar-refractivity contribution in [2.24, 2.45) is 0 Å². The molecule has 1 aromatic carbocycles. The van der Waals surface area contributed by atoms with Gasteiger partial charge >= 0.3 is 0 Å². The molecule has 1 aromatic rings. The molecule has 3 N–H and O–H groups in total. The zero-order chi connectivity index (χ0) is 15.6. The van der Waals surface area contributed by atoms with Gasteiger partial charge in [0.1, 0.15) is 0 Å². The highest BCUT2D eigenvalue weighted by molar-refractivity contribution is 7.89. The number of nitrogens with one attached hydrogen (secondary N) is 1. The van der Waals surface area contributed by atoms with Crippen LogP contribution in [0.3, 0.4) is 0 Å². The van der Waals surface area contributed by atoms with Gasteiger partial charge < -0.3 is 10.6 Å². The second-order valence-corrected chi connectivity index (χ2v) is 7.57. The first-order valence-electron chi connectivity index (χ1n) is 7.13. The van der Waals surface area contributed by atoms with E-state index in [9.17, 15) is 8.42 Å². The van der Waals surface area contributed by atoms with Gasteiger partial charge in [0, 0.05) is 16.8 Å². The Balaban J connectivity index is 2.12. The average molecular weight is 332 g/mol. The van der Waals surface area contributed by atoms with E-state index in [1.807, 2.05) is 0 Å². The van der Waals surface area contributed by atoms with Crippen molar-refractivity contribution in [1.29, 1.82) is 0 Å². The van der Waals surface area contributed by atoms with E-state index < -0.39 is 10.0 Å². The Bertz CT molecular complexity index is 588. The number of nitrogens with zero attached hydrogens (tertiary/aromatic N) is 1. The lowest BCUT2D eigenvalue weighted by Crippen LogP contribution is -2.44. The van der Waals surface area contributed by atoms with E-state index in [0.717, 1.165) is 32.5 Å². The van der Waals surface area contributed by atoms with E-state index in [-0.39, 0.29) is 10.9 Å². The first kappa shape index (κ1) is 16.5. The van der Waals surface area contributed by atoms with Crippen LogP contribution in [-0.2, 0) is 10.0 Å². The Hall–Kier alpha value is -0.820. The topological polar surface area (TPSA) is 75.4 Å². The van der Waals surface area contributed by atoms with Gasteiger partial charge in [-0.1, -0.05) is 18.5 Å². The molecule has 0 atom stereocenters. The molecule has 0 spiro atoms. The molecule has 0 amide bonds. The summed E-state index contributed by atoms with van der Waals surface area (Å²) in [6.45, 7) is 6.72. The van der Waals surface area contributed by atoms with Gasteiger partial charge in [-0.05, 0) is 57.1 Å². The largest absolute Gasteiger partial charge is 0.398 e. The number of hydrogen-bond donors (Lipinski definition) is 2. The fourth-order valence-corrected chi connectivity index (χ4v) is 4.14. The Morgan fingerprint density at radius 3 is 2.52 bits per heavy atom. The monoisotopic (exact) mass is 331 g/mol. The molecule has 1 fully saturated rings. The second kappa shape index (κ2) is 6.52. The average Bonchev–Trinajstić information content (AvgIpc) is 2.44. The van der Waals surface area contributed by atoms with Gasteiger partial charge in [-0.25, -0.2) is 13.1 Å². The predicted molar refractivity (Wildman–Crippen MR) is 86.1 cm³/mol. The van der Waals surface area contributed by atoms with Crippen LogP contribution >= 0.6 is 11.6 Å². The highest BCUT2D eigenvalue weighted by atomic mass is 35.5. The van der Waals surface area contributed by atoms with Gasteiger partial charge in [-0.2, -0.15) is 0 Å². The summed E-state index contributed by atoms with van der Waals surface area (Å²) in [5, 5.41) is 0.371. The van der Waals surface area contributed by atoms with Crippen LogP contribution in [0.15, 0.2) is 17.0 Å². The van der Waals surface area contributed by atoms with Crippen molar-refractivity contribution in [2.45, 2.75) is 37.6 Å². The fourth-order valence-electron chi connectivity index (χ4n) is 2.48. The SMILES string of the molecule is CCN1CCC(NS(=O)(=O)c2cc(N)c(C)c(Cl)c2)CC1. The lowest BCUT2D eigenvalue weighted by Gasteiger charge is -2.31. The van der Waals surface area contributed by atoms with Gasteiger partial charge in [0.25, 0.3) is 0 Å². The molecule has 0 radical (unpaired) electrons. The highest BCUT2D eigenvalue weighted by Gasteiger charge is 2.24. The zero-order valence-corrected chi connectivity index (χ0v) is 14.0. The van der Waals surface area contributed by atoms with Crippen molar-refractivity contribution in [2.75, 3.05) is 25.4 Å². The lowest BCUT2D eigenvalue weighted by molar-refractivity contribution is 0.217. The van der Waals surface area contributed by atoms with Crippen molar-refractivity contribution < 1.29 is 8.42 Å². The van der Waals surface area contributed by atoms with Crippen molar-refractivity contribution in [1.82, 2.24) is 9.62 Å². The van der Waals surface area contributed by atoms with E-state index in [4.69, 9.17) is 17.3 Å². The first-order valence-corrected chi connectivity index (χ1v) is 9.00. The zero-order valence-electron chi connectivity index (χ0n) is 12.4. The number of likely N-dealkylation sites (tertiary alicyclic amines) is 1. The molecule has 118 valence electrons. The summed E-state index contributed by atoms with van der Waals surface area (Å²) in [5.41, 5.74) is 6.90. The van der Waals surface area contributed by atoms with Gasteiger partial charge in [0.15, 0.2) is 0 Å². The summed E-state index contributed by atoms with van der Waals surface area (Å²) >= 11 is 6.03. The lowest BCUT2D eigenvalue weighted by atomic mass is 10.1. The number of nitrogen functional groups attached to an aromatic ring is 1. The Morgan fingerprint density at radius 2 is 2.00 bits per heavy atom. The normalized spacial score (nSPS) is 18.0. The van der Waals surface area contributed by atoms with Gasteiger partial charge in [0.2, 0.25) is 10.0 Å². The highest BCUT2D eigenvalue weighted by Crippen LogP contribution is 2.26. The number of halogens is 1. The molecule has 1 aliphatic heterocycles. The van der Waals surface area contributed by atoms with Crippen LogP contribution in [0.25, 0.3) is 0 Å². The molecule has 21 heavy (non-hydrogen) atoms. The van der Waals surface area contributed by atoms with Gasteiger partial charge in [0.05, 0.1) is 4.90 Å². The fraction of sp³-hybridized carbons (Fsp3) is 0.571. The van der Waals surface area contributed by atoms with Crippen LogP contribution in [0.5, 0.6) is 0 Å². The molecule has 0 bridgehead atoms. The summed E-state index contributed by atoms with van der Waals surface area (Å²) in [5.74, 6) is 0. The predicted octanol–water partition coefficient (Wildman–Crippen LogP) is 1.99. The van der Waals surface area contributed by atoms with Crippen molar-refractivity contribution in [3.8, 4) is 0 Å². The number of benzene rings is 1. The molecule has 0 aromatic heterocycles. The van der Waals surface area contributed by atoms with Crippen LogP contribution < -0.4 is 10.5 Å². The maximum absolute atomic E-state index is 12.4. The smallest absolute Gasteiger partial charge is 0.240 e. The molecule has 5 nitrogen and oxygen atoms in total. The molecule has 0 unspecified atom stereocenters.